The van der Waals surface area contributed by atoms with Crippen molar-refractivity contribution in [1.29, 1.82) is 0 Å². The van der Waals surface area contributed by atoms with E-state index in [2.05, 4.69) is 10.2 Å². The van der Waals surface area contributed by atoms with Gasteiger partial charge in [-0.25, -0.2) is 9.18 Å². The van der Waals surface area contributed by atoms with Crippen molar-refractivity contribution in [3.63, 3.8) is 0 Å². The molecule has 0 radical (unpaired) electrons. The lowest BCUT2D eigenvalue weighted by Gasteiger charge is -2.41. The van der Waals surface area contributed by atoms with Gasteiger partial charge in [0.15, 0.2) is 0 Å². The summed E-state index contributed by atoms with van der Waals surface area (Å²) < 4.78 is 16.0. The van der Waals surface area contributed by atoms with Crippen molar-refractivity contribution < 1.29 is 23.9 Å². The predicted molar refractivity (Wildman–Crippen MR) is 152 cm³/mol. The second-order valence-corrected chi connectivity index (χ2v) is 12.2. The Bertz CT molecular complexity index is 1630. The van der Waals surface area contributed by atoms with Gasteiger partial charge in [-0.3, -0.25) is 14.5 Å². The van der Waals surface area contributed by atoms with Crippen LogP contribution in [-0.2, 0) is 10.3 Å². The summed E-state index contributed by atoms with van der Waals surface area (Å²) in [6, 6.07) is 15.2. The molecule has 3 fully saturated rings. The van der Waals surface area contributed by atoms with E-state index in [4.69, 9.17) is 23.2 Å². The number of carbonyl (C=O) groups is 3. The molecule has 10 heteroatoms. The van der Waals surface area contributed by atoms with Crippen molar-refractivity contribution in [2.24, 2.45) is 5.92 Å². The Hall–Kier alpha value is -3.46. The zero-order valence-corrected chi connectivity index (χ0v) is 23.3. The Kier molecular flexibility index (Phi) is 6.15. The van der Waals surface area contributed by atoms with Crippen LogP contribution in [-0.4, -0.2) is 57.9 Å². The number of carboxylic acid groups (broad SMARTS) is 1. The molecule has 4 aliphatic rings. The number of anilines is 1. The summed E-state index contributed by atoms with van der Waals surface area (Å²) in [5, 5.41) is 12.9. The summed E-state index contributed by atoms with van der Waals surface area (Å²) in [7, 11) is 0. The maximum Gasteiger partial charge on any atom is 0.335 e. The topological polar surface area (TPSA) is 90.0 Å². The van der Waals surface area contributed by atoms with E-state index in [1.54, 1.807) is 35.2 Å². The number of rotatable bonds is 5. The van der Waals surface area contributed by atoms with E-state index in [1.807, 2.05) is 6.07 Å². The fraction of sp³-hybridized carbons (Fsp3) is 0.323. The number of halogens is 3. The molecule has 2 saturated heterocycles. The molecule has 7 rings (SSSR count). The van der Waals surface area contributed by atoms with Gasteiger partial charge in [0, 0.05) is 46.9 Å². The second kappa shape index (κ2) is 9.54. The average Bonchev–Trinajstić information content (AvgIpc) is 3.51. The molecule has 3 aromatic rings. The predicted octanol–water partition coefficient (Wildman–Crippen LogP) is 5.77. The van der Waals surface area contributed by atoms with Gasteiger partial charge in [-0.15, -0.1) is 0 Å². The molecule has 3 heterocycles. The van der Waals surface area contributed by atoms with Crippen LogP contribution in [0.3, 0.4) is 0 Å². The van der Waals surface area contributed by atoms with Crippen LogP contribution < -0.4 is 5.32 Å². The van der Waals surface area contributed by atoms with Gasteiger partial charge in [-0.05, 0) is 67.1 Å². The highest BCUT2D eigenvalue weighted by Crippen LogP contribution is 2.61. The van der Waals surface area contributed by atoms with E-state index in [0.717, 1.165) is 12.8 Å². The van der Waals surface area contributed by atoms with Crippen molar-refractivity contribution in [2.75, 3.05) is 18.4 Å². The number of carboxylic acids is 1. The van der Waals surface area contributed by atoms with Gasteiger partial charge in [0.05, 0.1) is 16.6 Å². The van der Waals surface area contributed by atoms with Gasteiger partial charge in [-0.1, -0.05) is 47.5 Å². The summed E-state index contributed by atoms with van der Waals surface area (Å²) >= 11 is 12.6. The molecule has 2 amide bonds. The maximum atomic E-state index is 16.0. The molecule has 0 bridgehead atoms. The Morgan fingerprint density at radius 3 is 2.54 bits per heavy atom. The van der Waals surface area contributed by atoms with Crippen LogP contribution in [0.25, 0.3) is 0 Å². The highest BCUT2D eigenvalue weighted by atomic mass is 35.5. The molecular formula is C31H26Cl2FN3O4. The molecule has 7 nitrogen and oxygen atoms in total. The highest BCUT2D eigenvalue weighted by Gasteiger charge is 2.70. The van der Waals surface area contributed by atoms with Gasteiger partial charge in [0.25, 0.3) is 5.91 Å². The minimum atomic E-state index is -1.30. The number of carbonyl (C=O) groups excluding carboxylic acids is 2. The maximum absolute atomic E-state index is 16.0. The van der Waals surface area contributed by atoms with Crippen LogP contribution in [0, 0.1) is 11.7 Å². The summed E-state index contributed by atoms with van der Waals surface area (Å²) in [5.74, 6) is -2.78. The smallest absolute Gasteiger partial charge is 0.335 e. The molecule has 0 aromatic heterocycles. The lowest BCUT2D eigenvalue weighted by Crippen LogP contribution is -2.53. The largest absolute Gasteiger partial charge is 0.478 e. The van der Waals surface area contributed by atoms with Gasteiger partial charge in [0.2, 0.25) is 5.91 Å². The third-order valence-corrected chi connectivity index (χ3v) is 9.66. The van der Waals surface area contributed by atoms with E-state index in [-0.39, 0.29) is 39.6 Å². The Morgan fingerprint density at radius 1 is 1.02 bits per heavy atom. The number of nitrogens with zero attached hydrogens (tertiary/aromatic N) is 2. The lowest BCUT2D eigenvalue weighted by molar-refractivity contribution is -0.128. The Labute approximate surface area is 245 Å². The van der Waals surface area contributed by atoms with Crippen molar-refractivity contribution in [3.05, 3.63) is 98.8 Å². The number of amides is 2. The van der Waals surface area contributed by atoms with Gasteiger partial charge in [-0.2, -0.15) is 0 Å². The van der Waals surface area contributed by atoms with E-state index in [1.165, 1.54) is 24.3 Å². The number of fused-ring (bicyclic) bond motifs is 3. The van der Waals surface area contributed by atoms with E-state index in [0.29, 0.717) is 41.7 Å². The van der Waals surface area contributed by atoms with Crippen LogP contribution in [0.15, 0.2) is 60.7 Å². The summed E-state index contributed by atoms with van der Waals surface area (Å²) in [6.45, 7) is 1.02. The minimum absolute atomic E-state index is 0.00302. The Balaban J connectivity index is 1.44. The van der Waals surface area contributed by atoms with E-state index in [9.17, 15) is 19.5 Å². The lowest BCUT2D eigenvalue weighted by atomic mass is 9.73. The minimum Gasteiger partial charge on any atom is -0.478 e. The quantitative estimate of drug-likeness (QED) is 0.392. The third kappa shape index (κ3) is 3.91. The van der Waals surface area contributed by atoms with Crippen LogP contribution in [0.5, 0.6) is 0 Å². The first-order valence-electron chi connectivity index (χ1n) is 13.7. The number of likely N-dealkylation sites (tertiary alicyclic amines) is 2. The average molecular weight is 594 g/mol. The van der Waals surface area contributed by atoms with Crippen LogP contribution >= 0.6 is 23.2 Å². The second-order valence-electron chi connectivity index (χ2n) is 11.4. The fourth-order valence-electron chi connectivity index (χ4n) is 7.33. The zero-order chi connectivity index (χ0) is 28.6. The normalized spacial score (nSPS) is 26.8. The number of nitrogens with one attached hydrogen (secondary N) is 1. The number of benzene rings is 3. The molecule has 1 aliphatic carbocycles. The highest BCUT2D eigenvalue weighted by molar-refractivity contribution is 6.31. The van der Waals surface area contributed by atoms with Crippen molar-refractivity contribution in [1.82, 2.24) is 9.80 Å². The van der Waals surface area contributed by atoms with E-state index < -0.39 is 29.3 Å². The summed E-state index contributed by atoms with van der Waals surface area (Å²) in [5.41, 5.74) is 0.472. The first-order valence-corrected chi connectivity index (χ1v) is 14.4. The van der Waals surface area contributed by atoms with Crippen LogP contribution in [0.1, 0.15) is 57.0 Å². The molecule has 1 spiro atoms. The number of aromatic carboxylic acids is 1. The molecule has 41 heavy (non-hydrogen) atoms. The van der Waals surface area contributed by atoms with Crippen molar-refractivity contribution in [3.8, 4) is 0 Å². The first-order chi connectivity index (χ1) is 19.7. The van der Waals surface area contributed by atoms with Crippen LogP contribution in [0.4, 0.5) is 10.1 Å². The monoisotopic (exact) mass is 593 g/mol. The van der Waals surface area contributed by atoms with E-state index >= 15 is 4.39 Å². The third-order valence-electron chi connectivity index (χ3n) is 9.14. The van der Waals surface area contributed by atoms with Crippen molar-refractivity contribution in [2.45, 2.75) is 42.8 Å². The molecule has 3 aliphatic heterocycles. The SMILES string of the molecule is O=C(O)c1cccc(C(=O)N2CC[C@H]3C2[C@H](c2cccc(Cl)c2F)[C@]2(C(=O)Nc4cc(Cl)ccc42)N3CC2CC2)c1. The zero-order valence-electron chi connectivity index (χ0n) is 21.8. The number of hydrogen-bond acceptors (Lipinski definition) is 4. The molecule has 3 aromatic carbocycles. The van der Waals surface area contributed by atoms with Gasteiger partial charge < -0.3 is 15.3 Å². The standard InChI is InChI=1S/C31H26Cl2FN3O4/c32-19-9-10-21-23(14-19)35-30(41)31(21)25(20-5-2-6-22(33)26(20)34)27-24(37(31)15-16-7-8-16)11-12-36(27)28(38)17-3-1-4-18(13-17)29(39)40/h1-6,9-10,13-14,16,24-25,27H,7-8,11-12,15H2,(H,35,41)(H,39,40)/t24-,25-,27?,31+/m0/s1. The first kappa shape index (κ1) is 26.4. The molecule has 1 saturated carbocycles. The van der Waals surface area contributed by atoms with Crippen LogP contribution in [0.2, 0.25) is 10.0 Å². The number of hydrogen-bond donors (Lipinski definition) is 2. The summed E-state index contributed by atoms with van der Waals surface area (Å²) in [6.07, 6.45) is 2.66. The summed E-state index contributed by atoms with van der Waals surface area (Å²) in [4.78, 5) is 44.0. The molecular weight excluding hydrogens is 568 g/mol. The molecule has 4 atom stereocenters. The fourth-order valence-corrected chi connectivity index (χ4v) is 7.68. The van der Waals surface area contributed by atoms with Gasteiger partial charge >= 0.3 is 5.97 Å². The molecule has 2 N–H and O–H groups in total. The van der Waals surface area contributed by atoms with Gasteiger partial charge in [0.1, 0.15) is 11.4 Å². The Morgan fingerprint density at radius 2 is 1.78 bits per heavy atom. The molecule has 210 valence electrons. The molecule has 1 unspecified atom stereocenters. The van der Waals surface area contributed by atoms with Crippen molar-refractivity contribution >= 4 is 46.7 Å².